The molecule has 24 heavy (non-hydrogen) atoms. The third-order valence-electron chi connectivity index (χ3n) is 4.54. The number of unbranched alkanes of at least 4 members (excludes halogenated alkanes) is 5. The summed E-state index contributed by atoms with van der Waals surface area (Å²) < 4.78 is 5.71. The molecule has 3 nitrogen and oxygen atoms in total. The van der Waals surface area contributed by atoms with Crippen molar-refractivity contribution in [2.24, 2.45) is 5.41 Å². The van der Waals surface area contributed by atoms with Gasteiger partial charge in [0.05, 0.1) is 12.0 Å². The van der Waals surface area contributed by atoms with Gasteiger partial charge in [0.25, 0.3) is 0 Å². The highest BCUT2D eigenvalue weighted by Crippen LogP contribution is 2.23. The highest BCUT2D eigenvalue weighted by atomic mass is 16.5. The SMILES string of the molecule is CCCCCCCCc1ccc(OCCCC(C)(C)C(=O)O)cc1. The lowest BCUT2D eigenvalue weighted by Crippen LogP contribution is -2.24. The second kappa shape index (κ2) is 11.1. The minimum Gasteiger partial charge on any atom is -0.494 e. The average molecular weight is 335 g/mol. The van der Waals surface area contributed by atoms with Crippen molar-refractivity contribution in [1.29, 1.82) is 0 Å². The van der Waals surface area contributed by atoms with Crippen LogP contribution in [0.2, 0.25) is 0 Å². The highest BCUT2D eigenvalue weighted by Gasteiger charge is 2.26. The fraction of sp³-hybridized carbons (Fsp3) is 0.667. The van der Waals surface area contributed by atoms with Crippen LogP contribution in [-0.4, -0.2) is 17.7 Å². The molecular weight excluding hydrogens is 300 g/mol. The van der Waals surface area contributed by atoms with Gasteiger partial charge < -0.3 is 9.84 Å². The minimum atomic E-state index is -0.749. The average Bonchev–Trinajstić information content (AvgIpc) is 2.56. The van der Waals surface area contributed by atoms with E-state index in [4.69, 9.17) is 9.84 Å². The maximum atomic E-state index is 11.0. The minimum absolute atomic E-state index is 0.563. The van der Waals surface area contributed by atoms with Crippen molar-refractivity contribution in [3.05, 3.63) is 29.8 Å². The van der Waals surface area contributed by atoms with Gasteiger partial charge in [0.1, 0.15) is 5.75 Å². The predicted molar refractivity (Wildman–Crippen MR) is 99.7 cm³/mol. The maximum absolute atomic E-state index is 11.0. The first-order chi connectivity index (χ1) is 11.5. The summed E-state index contributed by atoms with van der Waals surface area (Å²) in [5.41, 5.74) is 0.689. The molecule has 1 aromatic carbocycles. The summed E-state index contributed by atoms with van der Waals surface area (Å²) >= 11 is 0. The van der Waals surface area contributed by atoms with E-state index < -0.39 is 11.4 Å². The number of carboxylic acid groups (broad SMARTS) is 1. The van der Waals surface area contributed by atoms with E-state index in [1.165, 1.54) is 44.1 Å². The molecule has 136 valence electrons. The number of rotatable bonds is 13. The summed E-state index contributed by atoms with van der Waals surface area (Å²) in [6.07, 6.45) is 10.5. The van der Waals surface area contributed by atoms with Gasteiger partial charge in [-0.25, -0.2) is 0 Å². The van der Waals surface area contributed by atoms with Gasteiger partial charge in [-0.2, -0.15) is 0 Å². The van der Waals surface area contributed by atoms with Gasteiger partial charge in [-0.1, -0.05) is 51.2 Å². The standard InChI is InChI=1S/C21H34O3/c1-4-5-6-7-8-9-11-18-12-14-19(15-13-18)24-17-10-16-21(2,3)20(22)23/h12-15H,4-11,16-17H2,1-3H3,(H,22,23). The van der Waals surface area contributed by atoms with Gasteiger partial charge in [-0.05, 0) is 57.2 Å². The van der Waals surface area contributed by atoms with Crippen molar-refractivity contribution < 1.29 is 14.6 Å². The van der Waals surface area contributed by atoms with Crippen LogP contribution in [0.5, 0.6) is 5.75 Å². The largest absolute Gasteiger partial charge is 0.494 e. The predicted octanol–water partition coefficient (Wildman–Crippen LogP) is 5.86. The van der Waals surface area contributed by atoms with Crippen LogP contribution in [0.4, 0.5) is 0 Å². The molecule has 0 aromatic heterocycles. The summed E-state index contributed by atoms with van der Waals surface area (Å²) in [7, 11) is 0. The van der Waals surface area contributed by atoms with Crippen molar-refractivity contribution in [2.45, 2.75) is 78.6 Å². The van der Waals surface area contributed by atoms with Gasteiger partial charge in [0, 0.05) is 0 Å². The van der Waals surface area contributed by atoms with E-state index in [0.717, 1.165) is 18.6 Å². The number of aryl methyl sites for hydroxylation is 1. The van der Waals surface area contributed by atoms with E-state index in [9.17, 15) is 4.79 Å². The van der Waals surface area contributed by atoms with E-state index in [2.05, 4.69) is 19.1 Å². The molecule has 0 unspecified atom stereocenters. The Bertz CT molecular complexity index is 462. The Morgan fingerprint density at radius 2 is 1.62 bits per heavy atom. The fourth-order valence-electron chi connectivity index (χ4n) is 2.67. The zero-order chi connectivity index (χ0) is 17.8. The molecular formula is C21H34O3. The summed E-state index contributed by atoms with van der Waals surface area (Å²) in [5, 5.41) is 9.08. The van der Waals surface area contributed by atoms with Gasteiger partial charge in [-0.3, -0.25) is 4.79 Å². The molecule has 0 saturated heterocycles. The number of ether oxygens (including phenoxy) is 1. The molecule has 1 rings (SSSR count). The van der Waals surface area contributed by atoms with E-state index in [1.54, 1.807) is 13.8 Å². The second-order valence-electron chi connectivity index (χ2n) is 7.30. The van der Waals surface area contributed by atoms with Gasteiger partial charge in [-0.15, -0.1) is 0 Å². The van der Waals surface area contributed by atoms with Gasteiger partial charge in [0.15, 0.2) is 0 Å². The van der Waals surface area contributed by atoms with E-state index >= 15 is 0 Å². The van der Waals surface area contributed by atoms with Gasteiger partial charge >= 0.3 is 5.97 Å². The second-order valence-corrected chi connectivity index (χ2v) is 7.30. The van der Waals surface area contributed by atoms with E-state index in [1.807, 2.05) is 12.1 Å². The molecule has 3 heteroatoms. The number of carboxylic acids is 1. The van der Waals surface area contributed by atoms with Crippen LogP contribution in [0.1, 0.15) is 77.7 Å². The molecule has 0 aliphatic rings. The quantitative estimate of drug-likeness (QED) is 0.460. The van der Waals surface area contributed by atoms with E-state index in [-0.39, 0.29) is 0 Å². The Balaban J connectivity index is 2.19. The summed E-state index contributed by atoms with van der Waals surface area (Å²) in [6, 6.07) is 8.33. The molecule has 0 bridgehead atoms. The molecule has 0 aliphatic carbocycles. The summed E-state index contributed by atoms with van der Waals surface area (Å²) in [6.45, 7) is 6.32. The molecule has 0 spiro atoms. The first kappa shape index (κ1) is 20.5. The number of aliphatic carboxylic acids is 1. The summed E-state index contributed by atoms with van der Waals surface area (Å²) in [5.74, 6) is 0.122. The van der Waals surface area contributed by atoms with Crippen LogP contribution in [0.25, 0.3) is 0 Å². The molecule has 0 radical (unpaired) electrons. The van der Waals surface area contributed by atoms with Crippen molar-refractivity contribution >= 4 is 5.97 Å². The van der Waals surface area contributed by atoms with Gasteiger partial charge in [0.2, 0.25) is 0 Å². The third-order valence-corrected chi connectivity index (χ3v) is 4.54. The molecule has 0 atom stereocenters. The lowest BCUT2D eigenvalue weighted by molar-refractivity contribution is -0.147. The lowest BCUT2D eigenvalue weighted by Gasteiger charge is -2.18. The Morgan fingerprint density at radius 3 is 2.25 bits per heavy atom. The maximum Gasteiger partial charge on any atom is 0.309 e. The molecule has 0 amide bonds. The molecule has 1 aromatic rings. The van der Waals surface area contributed by atoms with Crippen LogP contribution >= 0.6 is 0 Å². The van der Waals surface area contributed by atoms with Crippen LogP contribution < -0.4 is 4.74 Å². The van der Waals surface area contributed by atoms with Crippen molar-refractivity contribution in [2.75, 3.05) is 6.61 Å². The Labute approximate surface area is 147 Å². The van der Waals surface area contributed by atoms with Crippen molar-refractivity contribution in [1.82, 2.24) is 0 Å². The third kappa shape index (κ3) is 8.37. The van der Waals surface area contributed by atoms with Crippen LogP contribution in [0, 0.1) is 5.41 Å². The monoisotopic (exact) mass is 334 g/mol. The van der Waals surface area contributed by atoms with Crippen molar-refractivity contribution in [3.8, 4) is 5.75 Å². The molecule has 1 N–H and O–H groups in total. The number of carbonyl (C=O) groups is 1. The molecule has 0 fully saturated rings. The number of hydrogen-bond acceptors (Lipinski definition) is 2. The first-order valence-corrected chi connectivity index (χ1v) is 9.41. The highest BCUT2D eigenvalue weighted by molar-refractivity contribution is 5.73. The first-order valence-electron chi connectivity index (χ1n) is 9.41. The normalized spacial score (nSPS) is 11.5. The topological polar surface area (TPSA) is 46.5 Å². The Hall–Kier alpha value is -1.51. The Morgan fingerprint density at radius 1 is 1.00 bits per heavy atom. The van der Waals surface area contributed by atoms with Crippen molar-refractivity contribution in [3.63, 3.8) is 0 Å². The molecule has 0 aliphatic heterocycles. The summed E-state index contributed by atoms with van der Waals surface area (Å²) in [4.78, 5) is 11.0. The zero-order valence-electron chi connectivity index (χ0n) is 15.6. The molecule has 0 heterocycles. The van der Waals surface area contributed by atoms with Crippen LogP contribution in [0.3, 0.4) is 0 Å². The smallest absolute Gasteiger partial charge is 0.309 e. The van der Waals surface area contributed by atoms with Crippen LogP contribution in [0.15, 0.2) is 24.3 Å². The van der Waals surface area contributed by atoms with Crippen LogP contribution in [-0.2, 0) is 11.2 Å². The zero-order valence-corrected chi connectivity index (χ0v) is 15.6. The number of benzene rings is 1. The fourth-order valence-corrected chi connectivity index (χ4v) is 2.67. The lowest BCUT2D eigenvalue weighted by atomic mass is 9.88. The Kier molecular flexibility index (Phi) is 9.51. The van der Waals surface area contributed by atoms with E-state index in [0.29, 0.717) is 13.0 Å². The molecule has 0 saturated carbocycles. The number of hydrogen-bond donors (Lipinski definition) is 1.